The van der Waals surface area contributed by atoms with E-state index >= 15 is 0 Å². The van der Waals surface area contributed by atoms with Crippen LogP contribution in [-0.2, 0) is 16.4 Å². The molecule has 0 aliphatic carbocycles. The maximum Gasteiger partial charge on any atom is 0.240 e. The number of anilines is 2. The summed E-state index contributed by atoms with van der Waals surface area (Å²) in [5.74, 6) is -0.0213. The van der Waals surface area contributed by atoms with Gasteiger partial charge in [0.05, 0.1) is 10.6 Å². The first-order valence-corrected chi connectivity index (χ1v) is 10.9. The zero-order valence-electron chi connectivity index (χ0n) is 15.9. The average Bonchev–Trinajstić information content (AvgIpc) is 2.73. The Balaban J connectivity index is 1.72. The predicted molar refractivity (Wildman–Crippen MR) is 117 cm³/mol. The van der Waals surface area contributed by atoms with Crippen LogP contribution in [0.4, 0.5) is 11.4 Å². The number of benzene rings is 3. The van der Waals surface area contributed by atoms with Crippen molar-refractivity contribution in [1.29, 1.82) is 0 Å². The second kappa shape index (κ2) is 9.22. The largest absolute Gasteiger partial charge is 0.355 e. The standard InChI is InChI=1S/C22H21ClN2O3S/c1-24-29(27,28)19-11-7-16(8-12-19)9-14-22(26)20-13-10-17(23)15-21(20)25-18-5-3-2-4-6-18/h2-8,10-13,15,24-25H,9,14H2,1H3. The molecular formula is C22H21ClN2O3S. The van der Waals surface area contributed by atoms with Crippen LogP contribution in [0.25, 0.3) is 0 Å². The highest BCUT2D eigenvalue weighted by Gasteiger charge is 2.14. The van der Waals surface area contributed by atoms with Gasteiger partial charge in [-0.25, -0.2) is 13.1 Å². The molecular weight excluding hydrogens is 408 g/mol. The number of hydrogen-bond acceptors (Lipinski definition) is 4. The topological polar surface area (TPSA) is 75.3 Å². The highest BCUT2D eigenvalue weighted by atomic mass is 35.5. The van der Waals surface area contributed by atoms with Crippen molar-refractivity contribution in [3.63, 3.8) is 0 Å². The lowest BCUT2D eigenvalue weighted by Crippen LogP contribution is -2.18. The van der Waals surface area contributed by atoms with Crippen molar-refractivity contribution in [2.24, 2.45) is 0 Å². The molecule has 0 spiro atoms. The van der Waals surface area contributed by atoms with Gasteiger partial charge in [0.1, 0.15) is 0 Å². The summed E-state index contributed by atoms with van der Waals surface area (Å²) in [7, 11) is -2.10. The molecule has 0 saturated carbocycles. The van der Waals surface area contributed by atoms with Crippen LogP contribution in [0.15, 0.2) is 77.7 Å². The number of carbonyl (C=O) groups excluding carboxylic acids is 1. The molecule has 0 saturated heterocycles. The van der Waals surface area contributed by atoms with Crippen molar-refractivity contribution in [3.05, 3.63) is 88.9 Å². The molecule has 3 aromatic carbocycles. The second-order valence-corrected chi connectivity index (χ2v) is 8.78. The smallest absolute Gasteiger partial charge is 0.240 e. The van der Waals surface area contributed by atoms with Gasteiger partial charge in [0.2, 0.25) is 10.0 Å². The Morgan fingerprint density at radius 1 is 0.966 bits per heavy atom. The van der Waals surface area contributed by atoms with E-state index in [9.17, 15) is 13.2 Å². The fourth-order valence-electron chi connectivity index (χ4n) is 2.89. The van der Waals surface area contributed by atoms with Crippen molar-refractivity contribution in [2.45, 2.75) is 17.7 Å². The Morgan fingerprint density at radius 3 is 2.31 bits per heavy atom. The van der Waals surface area contributed by atoms with E-state index < -0.39 is 10.0 Å². The number of para-hydroxylation sites is 1. The quantitative estimate of drug-likeness (QED) is 0.505. The molecule has 3 aromatic rings. The van der Waals surface area contributed by atoms with Gasteiger partial charge in [0.15, 0.2) is 5.78 Å². The first kappa shape index (κ1) is 21.0. The number of carbonyl (C=O) groups is 1. The van der Waals surface area contributed by atoms with E-state index in [0.717, 1.165) is 11.3 Å². The van der Waals surface area contributed by atoms with Crippen molar-refractivity contribution >= 4 is 38.8 Å². The van der Waals surface area contributed by atoms with E-state index in [-0.39, 0.29) is 10.7 Å². The summed E-state index contributed by atoms with van der Waals surface area (Å²) in [6.07, 6.45) is 0.801. The third kappa shape index (κ3) is 5.44. The van der Waals surface area contributed by atoms with Gasteiger partial charge in [-0.05, 0) is 61.5 Å². The van der Waals surface area contributed by atoms with E-state index in [1.807, 2.05) is 30.3 Å². The van der Waals surface area contributed by atoms with Crippen molar-refractivity contribution in [1.82, 2.24) is 4.72 Å². The Hall–Kier alpha value is -2.67. The van der Waals surface area contributed by atoms with Crippen LogP contribution in [0, 0.1) is 0 Å². The molecule has 29 heavy (non-hydrogen) atoms. The third-order valence-electron chi connectivity index (χ3n) is 4.48. The number of nitrogens with one attached hydrogen (secondary N) is 2. The minimum absolute atomic E-state index is 0.0213. The van der Waals surface area contributed by atoms with E-state index in [2.05, 4.69) is 10.0 Å². The lowest BCUT2D eigenvalue weighted by atomic mass is 10.0. The molecule has 5 nitrogen and oxygen atoms in total. The van der Waals surface area contributed by atoms with E-state index in [0.29, 0.717) is 29.1 Å². The molecule has 150 valence electrons. The molecule has 0 unspecified atom stereocenters. The number of halogens is 1. The minimum Gasteiger partial charge on any atom is -0.355 e. The first-order chi connectivity index (χ1) is 13.9. The fraction of sp³-hybridized carbons (Fsp3) is 0.136. The van der Waals surface area contributed by atoms with Crippen LogP contribution in [0.2, 0.25) is 5.02 Å². The molecule has 0 heterocycles. The summed E-state index contributed by atoms with van der Waals surface area (Å²) in [6, 6.07) is 21.2. The number of ketones is 1. The van der Waals surface area contributed by atoms with Gasteiger partial charge in [-0.3, -0.25) is 4.79 Å². The van der Waals surface area contributed by atoms with Crippen molar-refractivity contribution in [2.75, 3.05) is 12.4 Å². The Labute approximate surface area is 175 Å². The van der Waals surface area contributed by atoms with E-state index in [4.69, 9.17) is 11.6 Å². The zero-order chi connectivity index (χ0) is 20.9. The number of hydrogen-bond donors (Lipinski definition) is 2. The average molecular weight is 429 g/mol. The van der Waals surface area contributed by atoms with Crippen LogP contribution < -0.4 is 10.0 Å². The monoisotopic (exact) mass is 428 g/mol. The summed E-state index contributed by atoms with van der Waals surface area (Å²) < 4.78 is 25.9. The van der Waals surface area contributed by atoms with Crippen LogP contribution >= 0.6 is 11.6 Å². The summed E-state index contributed by atoms with van der Waals surface area (Å²) in [4.78, 5) is 13.0. The highest BCUT2D eigenvalue weighted by molar-refractivity contribution is 7.89. The van der Waals surface area contributed by atoms with Crippen LogP contribution in [-0.4, -0.2) is 21.2 Å². The van der Waals surface area contributed by atoms with Crippen molar-refractivity contribution < 1.29 is 13.2 Å². The van der Waals surface area contributed by atoms with Gasteiger partial charge in [-0.2, -0.15) is 0 Å². The van der Waals surface area contributed by atoms with Gasteiger partial charge in [-0.15, -0.1) is 0 Å². The maximum atomic E-state index is 12.8. The molecule has 0 atom stereocenters. The van der Waals surface area contributed by atoms with Gasteiger partial charge >= 0.3 is 0 Å². The third-order valence-corrected chi connectivity index (χ3v) is 6.14. The normalized spacial score (nSPS) is 11.2. The Bertz CT molecular complexity index is 1100. The lowest BCUT2D eigenvalue weighted by molar-refractivity contribution is 0.0983. The number of aryl methyl sites for hydroxylation is 1. The van der Waals surface area contributed by atoms with Gasteiger partial charge < -0.3 is 5.32 Å². The molecule has 0 aliphatic rings. The molecule has 0 aromatic heterocycles. The number of rotatable bonds is 8. The zero-order valence-corrected chi connectivity index (χ0v) is 17.4. The fourth-order valence-corrected chi connectivity index (χ4v) is 3.79. The summed E-state index contributed by atoms with van der Waals surface area (Å²) in [5, 5.41) is 3.79. The number of sulfonamides is 1. The molecule has 0 radical (unpaired) electrons. The second-order valence-electron chi connectivity index (χ2n) is 6.46. The van der Waals surface area contributed by atoms with Crippen LogP contribution in [0.1, 0.15) is 22.3 Å². The molecule has 0 amide bonds. The summed E-state index contributed by atoms with van der Waals surface area (Å²) in [6.45, 7) is 0. The summed E-state index contributed by atoms with van der Waals surface area (Å²) in [5.41, 5.74) is 2.97. The predicted octanol–water partition coefficient (Wildman–Crippen LogP) is 4.81. The first-order valence-electron chi connectivity index (χ1n) is 9.06. The van der Waals surface area contributed by atoms with Gasteiger partial charge in [0.25, 0.3) is 0 Å². The van der Waals surface area contributed by atoms with Crippen LogP contribution in [0.5, 0.6) is 0 Å². The molecule has 0 aliphatic heterocycles. The molecule has 2 N–H and O–H groups in total. The molecule has 0 fully saturated rings. The molecule has 7 heteroatoms. The van der Waals surface area contributed by atoms with Crippen LogP contribution in [0.3, 0.4) is 0 Å². The SMILES string of the molecule is CNS(=O)(=O)c1ccc(CCC(=O)c2ccc(Cl)cc2Nc2ccccc2)cc1. The van der Waals surface area contributed by atoms with Crippen molar-refractivity contribution in [3.8, 4) is 0 Å². The van der Waals surface area contributed by atoms with Gasteiger partial charge in [-0.1, -0.05) is 41.9 Å². The molecule has 0 bridgehead atoms. The van der Waals surface area contributed by atoms with Gasteiger partial charge in [0, 0.05) is 22.7 Å². The number of Topliss-reactive ketones (excluding diaryl/α,β-unsaturated/α-hetero) is 1. The Morgan fingerprint density at radius 2 is 1.66 bits per heavy atom. The minimum atomic E-state index is -3.47. The lowest BCUT2D eigenvalue weighted by Gasteiger charge is -2.12. The Kier molecular flexibility index (Phi) is 6.69. The van der Waals surface area contributed by atoms with E-state index in [1.54, 1.807) is 30.3 Å². The summed E-state index contributed by atoms with van der Waals surface area (Å²) >= 11 is 6.12. The molecule has 3 rings (SSSR count). The highest BCUT2D eigenvalue weighted by Crippen LogP contribution is 2.26. The maximum absolute atomic E-state index is 12.8. The van der Waals surface area contributed by atoms with E-state index in [1.165, 1.54) is 19.2 Å².